The third kappa shape index (κ3) is 3.20. The van der Waals surface area contributed by atoms with Gasteiger partial charge in [0.15, 0.2) is 5.65 Å². The largest absolute Gasteiger partial charge is 0.353 e. The topological polar surface area (TPSA) is 80.9 Å². The minimum absolute atomic E-state index is 0.648. The van der Waals surface area contributed by atoms with Gasteiger partial charge in [0.1, 0.15) is 5.52 Å². The lowest BCUT2D eigenvalue weighted by molar-refractivity contribution is 0.373. The van der Waals surface area contributed by atoms with Crippen LogP contribution in [0.4, 0.5) is 5.95 Å². The van der Waals surface area contributed by atoms with E-state index in [0.29, 0.717) is 11.6 Å². The van der Waals surface area contributed by atoms with Gasteiger partial charge in [0.25, 0.3) is 0 Å². The molecule has 0 saturated heterocycles. The summed E-state index contributed by atoms with van der Waals surface area (Å²) in [5, 5.41) is 8.02. The molecule has 0 atom stereocenters. The van der Waals surface area contributed by atoms with Crippen LogP contribution in [-0.4, -0.2) is 36.1 Å². The van der Waals surface area contributed by atoms with E-state index in [1.54, 1.807) is 12.4 Å². The SMILES string of the molecule is c1cnc2ncc(-c3ccn4nc(NCC5CCCCC5)ncc34)cc2n1. The van der Waals surface area contributed by atoms with Crippen LogP contribution < -0.4 is 5.32 Å². The van der Waals surface area contributed by atoms with Crippen molar-refractivity contribution in [2.45, 2.75) is 32.1 Å². The summed E-state index contributed by atoms with van der Waals surface area (Å²) in [4.78, 5) is 17.5. The molecule has 1 N–H and O–H groups in total. The predicted molar refractivity (Wildman–Crippen MR) is 104 cm³/mol. The van der Waals surface area contributed by atoms with Crippen LogP contribution in [0.2, 0.25) is 0 Å². The molecule has 0 radical (unpaired) electrons. The van der Waals surface area contributed by atoms with E-state index in [4.69, 9.17) is 0 Å². The van der Waals surface area contributed by atoms with Crippen molar-refractivity contribution in [3.05, 3.63) is 43.1 Å². The monoisotopic (exact) mass is 359 g/mol. The Morgan fingerprint density at radius 1 is 1.00 bits per heavy atom. The number of hydrogen-bond donors (Lipinski definition) is 1. The van der Waals surface area contributed by atoms with Gasteiger partial charge in [-0.25, -0.2) is 19.5 Å². The molecule has 0 bridgehead atoms. The zero-order valence-corrected chi connectivity index (χ0v) is 15.0. The number of nitrogens with one attached hydrogen (secondary N) is 1. The van der Waals surface area contributed by atoms with Crippen LogP contribution in [0.5, 0.6) is 0 Å². The molecule has 5 rings (SSSR count). The quantitative estimate of drug-likeness (QED) is 0.598. The van der Waals surface area contributed by atoms with Crippen LogP contribution in [-0.2, 0) is 0 Å². The van der Waals surface area contributed by atoms with Crippen LogP contribution in [0, 0.1) is 5.92 Å². The van der Waals surface area contributed by atoms with Crippen molar-refractivity contribution in [1.29, 1.82) is 0 Å². The Hall–Kier alpha value is -3.09. The molecule has 1 aliphatic carbocycles. The molecule has 0 aliphatic heterocycles. The maximum Gasteiger partial charge on any atom is 0.241 e. The number of fused-ring (bicyclic) bond motifs is 2. The average molecular weight is 359 g/mol. The molecule has 1 fully saturated rings. The standard InChI is InChI=1S/C20H21N7/c1-2-4-14(5-3-1)11-24-20-25-13-18-16(6-9-27(18)26-20)15-10-17-19(23-12-15)22-8-7-21-17/h6-10,12-14H,1-5,11H2,(H,24,26). The van der Waals surface area contributed by atoms with Crippen molar-refractivity contribution >= 4 is 22.6 Å². The first-order valence-electron chi connectivity index (χ1n) is 9.52. The van der Waals surface area contributed by atoms with E-state index in [2.05, 4.69) is 30.4 Å². The van der Waals surface area contributed by atoms with Crippen molar-refractivity contribution in [1.82, 2.24) is 29.5 Å². The van der Waals surface area contributed by atoms with Crippen molar-refractivity contribution in [3.63, 3.8) is 0 Å². The third-order valence-corrected chi connectivity index (χ3v) is 5.33. The van der Waals surface area contributed by atoms with Crippen LogP contribution in [0.1, 0.15) is 32.1 Å². The first-order chi connectivity index (χ1) is 13.4. The minimum Gasteiger partial charge on any atom is -0.353 e. The van der Waals surface area contributed by atoms with Crippen molar-refractivity contribution in [3.8, 4) is 11.1 Å². The second-order valence-corrected chi connectivity index (χ2v) is 7.15. The number of aromatic nitrogens is 6. The van der Waals surface area contributed by atoms with Crippen LogP contribution in [0.15, 0.2) is 43.1 Å². The van der Waals surface area contributed by atoms with Gasteiger partial charge in [-0.2, -0.15) is 0 Å². The molecule has 0 spiro atoms. The fraction of sp³-hybridized carbons (Fsp3) is 0.350. The highest BCUT2D eigenvalue weighted by Crippen LogP contribution is 2.27. The lowest BCUT2D eigenvalue weighted by Crippen LogP contribution is -2.18. The van der Waals surface area contributed by atoms with E-state index < -0.39 is 0 Å². The summed E-state index contributed by atoms with van der Waals surface area (Å²) >= 11 is 0. The van der Waals surface area contributed by atoms with Gasteiger partial charge in [-0.1, -0.05) is 19.3 Å². The Morgan fingerprint density at radius 2 is 1.89 bits per heavy atom. The van der Waals surface area contributed by atoms with Gasteiger partial charge in [-0.15, -0.1) is 5.10 Å². The molecular formula is C20H21N7. The Labute approximate surface area is 156 Å². The lowest BCUT2D eigenvalue weighted by atomic mass is 9.89. The van der Waals surface area contributed by atoms with Crippen LogP contribution in [0.3, 0.4) is 0 Å². The molecule has 1 saturated carbocycles. The molecule has 1 aliphatic rings. The highest BCUT2D eigenvalue weighted by Gasteiger charge is 2.14. The van der Waals surface area contributed by atoms with Crippen LogP contribution >= 0.6 is 0 Å². The summed E-state index contributed by atoms with van der Waals surface area (Å²) in [6.07, 6.45) is 15.7. The summed E-state index contributed by atoms with van der Waals surface area (Å²) in [5.74, 6) is 1.42. The summed E-state index contributed by atoms with van der Waals surface area (Å²) in [6, 6.07) is 4.04. The predicted octanol–water partition coefficient (Wildman–Crippen LogP) is 3.73. The highest BCUT2D eigenvalue weighted by atomic mass is 15.3. The highest BCUT2D eigenvalue weighted by molar-refractivity contribution is 5.84. The number of rotatable bonds is 4. The maximum absolute atomic E-state index is 4.61. The summed E-state index contributed by atoms with van der Waals surface area (Å²) in [5.41, 5.74) is 4.39. The lowest BCUT2D eigenvalue weighted by Gasteiger charge is -2.21. The first kappa shape index (κ1) is 16.1. The third-order valence-electron chi connectivity index (χ3n) is 5.33. The molecule has 0 unspecified atom stereocenters. The number of anilines is 1. The molecule has 0 amide bonds. The van der Waals surface area contributed by atoms with Crippen LogP contribution in [0.25, 0.3) is 27.8 Å². The van der Waals surface area contributed by atoms with Gasteiger partial charge < -0.3 is 5.32 Å². The maximum atomic E-state index is 4.61. The fourth-order valence-electron chi connectivity index (χ4n) is 3.86. The zero-order valence-electron chi connectivity index (χ0n) is 15.0. The number of pyridine rings is 1. The van der Waals surface area contributed by atoms with E-state index in [1.807, 2.05) is 35.2 Å². The summed E-state index contributed by atoms with van der Waals surface area (Å²) < 4.78 is 1.87. The Kier molecular flexibility index (Phi) is 4.12. The zero-order chi connectivity index (χ0) is 18.1. The Bertz CT molecular complexity index is 1080. The van der Waals surface area contributed by atoms with Gasteiger partial charge in [-0.05, 0) is 30.9 Å². The van der Waals surface area contributed by atoms with E-state index in [1.165, 1.54) is 32.1 Å². The van der Waals surface area contributed by atoms with Gasteiger partial charge in [-0.3, -0.25) is 4.98 Å². The molecule has 4 aromatic heterocycles. The number of nitrogens with zero attached hydrogens (tertiary/aromatic N) is 6. The first-order valence-corrected chi connectivity index (χ1v) is 9.52. The molecule has 7 heteroatoms. The summed E-state index contributed by atoms with van der Waals surface area (Å²) in [7, 11) is 0. The molecule has 27 heavy (non-hydrogen) atoms. The number of hydrogen-bond acceptors (Lipinski definition) is 6. The average Bonchev–Trinajstić information content (AvgIpc) is 3.16. The molecule has 136 valence electrons. The van der Waals surface area contributed by atoms with Gasteiger partial charge in [0, 0.05) is 42.5 Å². The molecule has 4 heterocycles. The molecular weight excluding hydrogens is 338 g/mol. The Morgan fingerprint density at radius 3 is 2.81 bits per heavy atom. The molecule has 7 nitrogen and oxygen atoms in total. The van der Waals surface area contributed by atoms with E-state index in [0.717, 1.165) is 34.6 Å². The van der Waals surface area contributed by atoms with Gasteiger partial charge >= 0.3 is 0 Å². The molecule has 4 aromatic rings. The minimum atomic E-state index is 0.648. The van der Waals surface area contributed by atoms with E-state index in [-0.39, 0.29) is 0 Å². The van der Waals surface area contributed by atoms with Gasteiger partial charge in [0.2, 0.25) is 5.95 Å². The molecule has 0 aromatic carbocycles. The van der Waals surface area contributed by atoms with Crippen molar-refractivity contribution in [2.24, 2.45) is 5.92 Å². The van der Waals surface area contributed by atoms with E-state index in [9.17, 15) is 0 Å². The normalized spacial score (nSPS) is 15.4. The Balaban J connectivity index is 1.40. The smallest absolute Gasteiger partial charge is 0.241 e. The van der Waals surface area contributed by atoms with Gasteiger partial charge in [0.05, 0.1) is 11.7 Å². The second kappa shape index (κ2) is 6.90. The van der Waals surface area contributed by atoms with Crippen molar-refractivity contribution < 1.29 is 0 Å². The summed E-state index contributed by atoms with van der Waals surface area (Å²) in [6.45, 7) is 0.951. The fourth-order valence-corrected chi connectivity index (χ4v) is 3.86. The van der Waals surface area contributed by atoms with E-state index >= 15 is 0 Å². The van der Waals surface area contributed by atoms with Crippen molar-refractivity contribution in [2.75, 3.05) is 11.9 Å². The second-order valence-electron chi connectivity index (χ2n) is 7.15.